The van der Waals surface area contributed by atoms with Gasteiger partial charge in [-0.3, -0.25) is 0 Å². The molecule has 1 aromatic carbocycles. The van der Waals surface area contributed by atoms with Crippen LogP contribution in [0.25, 0.3) is 0 Å². The fourth-order valence-corrected chi connectivity index (χ4v) is 1.88. The van der Waals surface area contributed by atoms with Crippen molar-refractivity contribution < 1.29 is 4.74 Å². The van der Waals surface area contributed by atoms with E-state index < -0.39 is 8.07 Å². The lowest BCUT2D eigenvalue weighted by Crippen LogP contribution is -2.16. The van der Waals surface area contributed by atoms with Gasteiger partial charge in [0.15, 0.2) is 0 Å². The first kappa shape index (κ1) is 13.5. The van der Waals surface area contributed by atoms with Gasteiger partial charge < -0.3 is 4.74 Å². The minimum absolute atomic E-state index is 0.502. The van der Waals surface area contributed by atoms with Crippen LogP contribution < -0.4 is 0 Å². The van der Waals surface area contributed by atoms with Gasteiger partial charge >= 0.3 is 0 Å². The summed E-state index contributed by atoms with van der Waals surface area (Å²) in [5.74, 6) is 3.75. The number of ether oxygens (including phenoxy) is 1. The zero-order chi connectivity index (χ0) is 12.7. The van der Waals surface area contributed by atoms with Crippen molar-refractivity contribution in [2.45, 2.75) is 19.6 Å². The molecule has 2 nitrogen and oxygen atoms in total. The highest BCUT2D eigenvalue weighted by atomic mass is 28.3. The predicted molar refractivity (Wildman–Crippen MR) is 76.0 cm³/mol. The van der Waals surface area contributed by atoms with Gasteiger partial charge in [-0.25, -0.2) is 4.99 Å². The molecule has 0 aliphatic rings. The smallest absolute Gasteiger partial charge is 0.216 e. The molecule has 3 heteroatoms. The summed E-state index contributed by atoms with van der Waals surface area (Å²) in [5.41, 5.74) is 4.27. The standard InChI is InChI=1S/C14H19NOSi/c1-16-14(13-9-6-5-7-10-13)15-11-8-12-17(2,3)4/h5-7,9-10H,11H2,1-4H3/b15-14-. The van der Waals surface area contributed by atoms with E-state index in [4.69, 9.17) is 4.74 Å². The van der Waals surface area contributed by atoms with Crippen LogP contribution in [-0.4, -0.2) is 27.6 Å². The molecule has 1 rings (SSSR count). The van der Waals surface area contributed by atoms with E-state index in [2.05, 4.69) is 36.1 Å². The number of methoxy groups -OCH3 is 1. The Kier molecular flexibility index (Phi) is 4.99. The van der Waals surface area contributed by atoms with E-state index in [9.17, 15) is 0 Å². The Morgan fingerprint density at radius 2 is 1.88 bits per heavy atom. The molecule has 0 radical (unpaired) electrons. The van der Waals surface area contributed by atoms with Crippen molar-refractivity contribution in [1.29, 1.82) is 0 Å². The Bertz CT molecular complexity index is 435. The third-order valence-electron chi connectivity index (χ3n) is 1.98. The first-order valence-electron chi connectivity index (χ1n) is 5.67. The molecule has 0 aromatic heterocycles. The van der Waals surface area contributed by atoms with Crippen LogP contribution in [0.5, 0.6) is 0 Å². The Hall–Kier alpha value is -1.53. The molecule has 0 N–H and O–H groups in total. The summed E-state index contributed by atoms with van der Waals surface area (Å²) >= 11 is 0. The maximum absolute atomic E-state index is 5.26. The van der Waals surface area contributed by atoms with Crippen LogP contribution in [0.2, 0.25) is 19.6 Å². The van der Waals surface area contributed by atoms with E-state index in [1.165, 1.54) is 0 Å². The summed E-state index contributed by atoms with van der Waals surface area (Å²) in [6.45, 7) is 7.16. The summed E-state index contributed by atoms with van der Waals surface area (Å²) in [6.07, 6.45) is 0. The fraction of sp³-hybridized carbons (Fsp3) is 0.357. The normalized spacial score (nSPS) is 11.6. The van der Waals surface area contributed by atoms with E-state index in [0.29, 0.717) is 12.4 Å². The van der Waals surface area contributed by atoms with Gasteiger partial charge in [0, 0.05) is 5.56 Å². The van der Waals surface area contributed by atoms with Gasteiger partial charge in [-0.05, 0) is 12.1 Å². The van der Waals surface area contributed by atoms with Crippen molar-refractivity contribution in [1.82, 2.24) is 0 Å². The Morgan fingerprint density at radius 3 is 2.41 bits per heavy atom. The third kappa shape index (κ3) is 5.37. The zero-order valence-corrected chi connectivity index (χ0v) is 11.9. The topological polar surface area (TPSA) is 21.6 Å². The second kappa shape index (κ2) is 6.26. The first-order valence-corrected chi connectivity index (χ1v) is 9.17. The molecule has 0 spiro atoms. The molecular weight excluding hydrogens is 226 g/mol. The molecule has 0 aliphatic carbocycles. The van der Waals surface area contributed by atoms with Crippen LogP contribution in [0.15, 0.2) is 35.3 Å². The SMILES string of the molecule is CO/C(=N\CC#C[Si](C)(C)C)c1ccccc1. The number of hydrogen-bond donors (Lipinski definition) is 0. The van der Waals surface area contributed by atoms with Crippen LogP contribution in [0.1, 0.15) is 5.56 Å². The van der Waals surface area contributed by atoms with Crippen LogP contribution in [-0.2, 0) is 4.74 Å². The molecule has 0 fully saturated rings. The number of hydrogen-bond acceptors (Lipinski definition) is 2. The van der Waals surface area contributed by atoms with Crippen molar-refractivity contribution in [2.75, 3.05) is 13.7 Å². The first-order chi connectivity index (χ1) is 8.03. The highest BCUT2D eigenvalue weighted by molar-refractivity contribution is 6.83. The molecule has 0 saturated heterocycles. The molecule has 0 bridgehead atoms. The molecule has 0 aliphatic heterocycles. The average molecular weight is 245 g/mol. The van der Waals surface area contributed by atoms with E-state index >= 15 is 0 Å². The summed E-state index contributed by atoms with van der Waals surface area (Å²) in [7, 11) is 0.347. The Balaban J connectivity index is 2.72. The van der Waals surface area contributed by atoms with Crippen LogP contribution in [0, 0.1) is 11.5 Å². The van der Waals surface area contributed by atoms with Gasteiger partial charge in [0.2, 0.25) is 5.90 Å². The highest BCUT2D eigenvalue weighted by Crippen LogP contribution is 2.02. The quantitative estimate of drug-likeness (QED) is 0.340. The maximum atomic E-state index is 5.26. The number of benzene rings is 1. The van der Waals surface area contributed by atoms with E-state index in [1.54, 1.807) is 7.11 Å². The Labute approximate surface area is 105 Å². The number of nitrogens with zero attached hydrogens (tertiary/aromatic N) is 1. The number of rotatable bonds is 2. The van der Waals surface area contributed by atoms with Crippen molar-refractivity contribution >= 4 is 14.0 Å². The summed E-state index contributed by atoms with van der Waals surface area (Å²) < 4.78 is 5.26. The van der Waals surface area contributed by atoms with Crippen LogP contribution in [0.4, 0.5) is 0 Å². The average Bonchev–Trinajstić information content (AvgIpc) is 2.29. The molecule has 0 unspecified atom stereocenters. The van der Waals surface area contributed by atoms with Crippen molar-refractivity contribution in [2.24, 2.45) is 4.99 Å². The summed E-state index contributed by atoms with van der Waals surface area (Å²) in [5, 5.41) is 0. The predicted octanol–water partition coefficient (Wildman–Crippen LogP) is 2.96. The zero-order valence-electron chi connectivity index (χ0n) is 10.9. The van der Waals surface area contributed by atoms with E-state index in [0.717, 1.165) is 5.56 Å². The van der Waals surface area contributed by atoms with Crippen LogP contribution >= 0.6 is 0 Å². The highest BCUT2D eigenvalue weighted by Gasteiger charge is 2.07. The van der Waals surface area contributed by atoms with Crippen molar-refractivity contribution in [3.05, 3.63) is 35.9 Å². The largest absolute Gasteiger partial charge is 0.481 e. The lowest BCUT2D eigenvalue weighted by molar-refractivity contribution is 0.403. The van der Waals surface area contributed by atoms with E-state index in [1.807, 2.05) is 30.3 Å². The third-order valence-corrected chi connectivity index (χ3v) is 2.91. The van der Waals surface area contributed by atoms with Gasteiger partial charge in [-0.15, -0.1) is 5.54 Å². The minimum Gasteiger partial charge on any atom is -0.481 e. The molecule has 90 valence electrons. The summed E-state index contributed by atoms with van der Waals surface area (Å²) in [4.78, 5) is 4.36. The number of aliphatic imine (C=N–C) groups is 1. The van der Waals surface area contributed by atoms with Crippen molar-refractivity contribution in [3.8, 4) is 11.5 Å². The van der Waals surface area contributed by atoms with Gasteiger partial charge in [-0.2, -0.15) is 0 Å². The van der Waals surface area contributed by atoms with Gasteiger partial charge in [0.25, 0.3) is 0 Å². The fourth-order valence-electron chi connectivity index (χ4n) is 1.27. The van der Waals surface area contributed by atoms with Gasteiger partial charge in [-0.1, -0.05) is 43.8 Å². The van der Waals surface area contributed by atoms with E-state index in [-0.39, 0.29) is 0 Å². The second-order valence-corrected chi connectivity index (χ2v) is 9.49. The van der Waals surface area contributed by atoms with Crippen molar-refractivity contribution in [3.63, 3.8) is 0 Å². The molecule has 0 heterocycles. The molecule has 0 amide bonds. The van der Waals surface area contributed by atoms with Gasteiger partial charge in [0.1, 0.15) is 14.6 Å². The van der Waals surface area contributed by atoms with Crippen LogP contribution in [0.3, 0.4) is 0 Å². The summed E-state index contributed by atoms with van der Waals surface area (Å²) in [6, 6.07) is 9.87. The van der Waals surface area contributed by atoms with Gasteiger partial charge in [0.05, 0.1) is 7.11 Å². The Morgan fingerprint density at radius 1 is 1.24 bits per heavy atom. The second-order valence-electron chi connectivity index (χ2n) is 4.74. The maximum Gasteiger partial charge on any atom is 0.216 e. The molecular formula is C14H19NOSi. The molecule has 0 atom stereocenters. The molecule has 0 saturated carbocycles. The lowest BCUT2D eigenvalue weighted by Gasteiger charge is -2.04. The minimum atomic E-state index is -1.29. The molecule has 17 heavy (non-hydrogen) atoms. The molecule has 1 aromatic rings. The lowest BCUT2D eigenvalue weighted by atomic mass is 10.2. The monoisotopic (exact) mass is 245 g/mol.